The third-order valence-corrected chi connectivity index (χ3v) is 4.44. The molecule has 0 saturated heterocycles. The van der Waals surface area contributed by atoms with Gasteiger partial charge in [0, 0.05) is 12.5 Å². The number of hydrogen-bond acceptors (Lipinski definition) is 6. The summed E-state index contributed by atoms with van der Waals surface area (Å²) in [6.07, 6.45) is 11.4. The highest BCUT2D eigenvalue weighted by molar-refractivity contribution is 5.07. The molecule has 29 heavy (non-hydrogen) atoms. The van der Waals surface area contributed by atoms with Gasteiger partial charge in [-0.25, -0.2) is 0 Å². The van der Waals surface area contributed by atoms with Gasteiger partial charge in [-0.1, -0.05) is 58.6 Å². The molecule has 0 saturated carbocycles. The molecule has 0 spiro atoms. The van der Waals surface area contributed by atoms with Gasteiger partial charge in [0.05, 0.1) is 0 Å². The highest BCUT2D eigenvalue weighted by atomic mass is 16.5. The van der Waals surface area contributed by atoms with E-state index < -0.39 is 0 Å². The van der Waals surface area contributed by atoms with E-state index in [1.54, 1.807) is 0 Å². The Balaban J connectivity index is 2.43. The van der Waals surface area contributed by atoms with Gasteiger partial charge < -0.3 is 15.2 Å². The van der Waals surface area contributed by atoms with Crippen molar-refractivity contribution in [2.24, 2.45) is 5.73 Å². The molecule has 0 fully saturated rings. The van der Waals surface area contributed by atoms with Gasteiger partial charge >= 0.3 is 12.0 Å². The van der Waals surface area contributed by atoms with Gasteiger partial charge in [-0.2, -0.15) is 9.97 Å². The molecule has 1 unspecified atom stereocenters. The van der Waals surface area contributed by atoms with Crippen LogP contribution >= 0.6 is 0 Å². The van der Waals surface area contributed by atoms with Crippen LogP contribution in [0.5, 0.6) is 12.0 Å². The van der Waals surface area contributed by atoms with E-state index >= 15 is 0 Å². The molecule has 0 bridgehead atoms. The van der Waals surface area contributed by atoms with Gasteiger partial charge in [0.1, 0.15) is 19.0 Å². The molecule has 2 N–H and O–H groups in total. The van der Waals surface area contributed by atoms with Crippen molar-refractivity contribution >= 4 is 0 Å². The Hall–Kier alpha value is -1.95. The summed E-state index contributed by atoms with van der Waals surface area (Å²) in [6, 6.07) is 0.890. The molecule has 0 amide bonds. The summed E-state index contributed by atoms with van der Waals surface area (Å²) in [5.74, 6) is 0.692. The Morgan fingerprint density at radius 3 is 1.83 bits per heavy atom. The van der Waals surface area contributed by atoms with Crippen molar-refractivity contribution in [3.05, 3.63) is 30.1 Å². The van der Waals surface area contributed by atoms with Crippen molar-refractivity contribution in [1.29, 1.82) is 0 Å². The van der Waals surface area contributed by atoms with E-state index in [2.05, 4.69) is 35.0 Å². The summed E-state index contributed by atoms with van der Waals surface area (Å²) in [4.78, 5) is 13.0. The zero-order valence-corrected chi connectivity index (χ0v) is 18.7. The van der Waals surface area contributed by atoms with Crippen LogP contribution in [-0.4, -0.2) is 34.2 Å². The Bertz CT molecular complexity index is 583. The Kier molecular flexibility index (Phi) is 12.9. The van der Waals surface area contributed by atoms with E-state index in [1.165, 1.54) is 25.7 Å². The van der Waals surface area contributed by atoms with Crippen molar-refractivity contribution < 1.29 is 9.47 Å². The number of nitrogens with two attached hydrogens (primary N) is 1. The second-order valence-electron chi connectivity index (χ2n) is 8.02. The highest BCUT2D eigenvalue weighted by Crippen LogP contribution is 2.15. The zero-order valence-electron chi connectivity index (χ0n) is 18.7. The minimum Gasteiger partial charge on any atom is -0.459 e. The summed E-state index contributed by atoms with van der Waals surface area (Å²) in [5.41, 5.74) is 8.03. The SMILES string of the molecule is C=C(C)COc1nc(CCCCCC(N)CCCCCC)nc(OCC(=C)C)n1. The average Bonchev–Trinajstić information content (AvgIpc) is 2.68. The van der Waals surface area contributed by atoms with Gasteiger partial charge in [-0.15, -0.1) is 4.98 Å². The fourth-order valence-electron chi connectivity index (χ4n) is 2.84. The van der Waals surface area contributed by atoms with Crippen LogP contribution in [0.1, 0.15) is 84.4 Å². The molecule has 0 radical (unpaired) electrons. The predicted molar refractivity (Wildman–Crippen MR) is 119 cm³/mol. The number of unbranched alkanes of at least 4 members (excludes halogenated alkanes) is 5. The first-order valence-corrected chi connectivity index (χ1v) is 11.0. The summed E-state index contributed by atoms with van der Waals surface area (Å²) < 4.78 is 11.2. The Morgan fingerprint density at radius 2 is 1.34 bits per heavy atom. The van der Waals surface area contributed by atoms with E-state index in [0.29, 0.717) is 25.1 Å². The van der Waals surface area contributed by atoms with E-state index in [0.717, 1.165) is 49.7 Å². The maximum absolute atomic E-state index is 6.22. The Morgan fingerprint density at radius 1 is 0.828 bits per heavy atom. The number of hydrogen-bond donors (Lipinski definition) is 1. The number of rotatable bonds is 17. The van der Waals surface area contributed by atoms with Crippen molar-refractivity contribution in [3.8, 4) is 12.0 Å². The lowest BCUT2D eigenvalue weighted by Crippen LogP contribution is -2.19. The molecule has 1 atom stereocenters. The topological polar surface area (TPSA) is 83.2 Å². The molecule has 6 nitrogen and oxygen atoms in total. The predicted octanol–water partition coefficient (Wildman–Crippen LogP) is 5.18. The van der Waals surface area contributed by atoms with Crippen LogP contribution in [0.2, 0.25) is 0 Å². The van der Waals surface area contributed by atoms with E-state index in [9.17, 15) is 0 Å². The van der Waals surface area contributed by atoms with Crippen LogP contribution < -0.4 is 15.2 Å². The van der Waals surface area contributed by atoms with Crippen LogP contribution in [0.3, 0.4) is 0 Å². The van der Waals surface area contributed by atoms with Gasteiger partial charge in [-0.05, 0) is 44.3 Å². The summed E-state index contributed by atoms with van der Waals surface area (Å²) in [5, 5.41) is 0. The van der Waals surface area contributed by atoms with Crippen molar-refractivity contribution in [2.45, 2.75) is 91.0 Å². The molecule has 1 rings (SSSR count). The van der Waals surface area contributed by atoms with E-state index in [1.807, 2.05) is 13.8 Å². The molecule has 0 aromatic carbocycles. The van der Waals surface area contributed by atoms with Gasteiger partial charge in [0.2, 0.25) is 0 Å². The summed E-state index contributed by atoms with van der Waals surface area (Å²) in [6.45, 7) is 14.5. The van der Waals surface area contributed by atoms with Gasteiger partial charge in [0.15, 0.2) is 0 Å². The normalized spacial score (nSPS) is 11.9. The molecule has 6 heteroatoms. The minimum absolute atomic E-state index is 0.281. The van der Waals surface area contributed by atoms with Crippen LogP contribution in [0.15, 0.2) is 24.3 Å². The van der Waals surface area contributed by atoms with E-state index in [-0.39, 0.29) is 12.0 Å². The number of aryl methyl sites for hydroxylation is 1. The summed E-state index contributed by atoms with van der Waals surface area (Å²) in [7, 11) is 0. The maximum Gasteiger partial charge on any atom is 0.323 e. The molecular weight excluding hydrogens is 364 g/mol. The maximum atomic E-state index is 6.22. The zero-order chi connectivity index (χ0) is 21.5. The molecule has 1 aromatic heterocycles. The second-order valence-corrected chi connectivity index (χ2v) is 8.02. The lowest BCUT2D eigenvalue weighted by Gasteiger charge is -2.11. The average molecular weight is 405 g/mol. The van der Waals surface area contributed by atoms with Crippen molar-refractivity contribution in [1.82, 2.24) is 15.0 Å². The molecule has 164 valence electrons. The molecular formula is C23H40N4O2. The van der Waals surface area contributed by atoms with Gasteiger partial charge in [-0.3, -0.25) is 0 Å². The Labute approximate surface area is 177 Å². The molecule has 1 aromatic rings. The first kappa shape index (κ1) is 25.1. The first-order chi connectivity index (χ1) is 13.9. The fourth-order valence-corrected chi connectivity index (χ4v) is 2.84. The quantitative estimate of drug-likeness (QED) is 0.284. The van der Waals surface area contributed by atoms with Crippen LogP contribution in [0.4, 0.5) is 0 Å². The first-order valence-electron chi connectivity index (χ1n) is 11.0. The molecule has 1 heterocycles. The molecule has 0 aliphatic heterocycles. The standard InChI is InChI=1S/C23H40N4O2/c1-6-7-8-10-13-20(24)14-11-9-12-15-21-25-22(28-16-18(2)3)27-23(26-21)29-17-19(4)5/h20H,2,4,6-17,24H2,1,3,5H3. The van der Waals surface area contributed by atoms with Crippen molar-refractivity contribution in [3.63, 3.8) is 0 Å². The van der Waals surface area contributed by atoms with Crippen LogP contribution in [-0.2, 0) is 6.42 Å². The highest BCUT2D eigenvalue weighted by Gasteiger charge is 2.10. The number of ether oxygens (including phenoxy) is 2. The molecule has 0 aliphatic carbocycles. The third kappa shape index (κ3) is 13.0. The fraction of sp³-hybridized carbons (Fsp3) is 0.696. The monoisotopic (exact) mass is 404 g/mol. The number of nitrogens with zero attached hydrogens (tertiary/aromatic N) is 3. The second kappa shape index (κ2) is 15.0. The van der Waals surface area contributed by atoms with E-state index in [4.69, 9.17) is 15.2 Å². The minimum atomic E-state index is 0.281. The van der Waals surface area contributed by atoms with Crippen molar-refractivity contribution in [2.75, 3.05) is 13.2 Å². The van der Waals surface area contributed by atoms with Crippen LogP contribution in [0.25, 0.3) is 0 Å². The molecule has 0 aliphatic rings. The summed E-state index contributed by atoms with van der Waals surface area (Å²) >= 11 is 0. The number of aromatic nitrogens is 3. The third-order valence-electron chi connectivity index (χ3n) is 4.44. The van der Waals surface area contributed by atoms with Gasteiger partial charge in [0.25, 0.3) is 0 Å². The van der Waals surface area contributed by atoms with Crippen LogP contribution in [0, 0.1) is 0 Å². The smallest absolute Gasteiger partial charge is 0.323 e. The lowest BCUT2D eigenvalue weighted by atomic mass is 10.0. The largest absolute Gasteiger partial charge is 0.459 e. The lowest BCUT2D eigenvalue weighted by molar-refractivity contribution is 0.286.